The largest absolute Gasteiger partial charge is 0.307 e. The molecule has 0 saturated heterocycles. The molecule has 0 radical (unpaired) electrons. The molecule has 0 atom stereocenters. The molecule has 0 spiro atoms. The van der Waals surface area contributed by atoms with Crippen molar-refractivity contribution in [1.29, 1.82) is 0 Å². The van der Waals surface area contributed by atoms with Gasteiger partial charge in [0.25, 0.3) is 5.91 Å². The maximum atomic E-state index is 12.2. The topological polar surface area (TPSA) is 32.7 Å². The minimum Gasteiger partial charge on any atom is -0.307 e. The first-order valence-corrected chi connectivity index (χ1v) is 7.74. The van der Waals surface area contributed by atoms with Crippen molar-refractivity contribution >= 4 is 17.8 Å². The summed E-state index contributed by atoms with van der Waals surface area (Å²) in [5, 5.41) is 0. The van der Waals surface area contributed by atoms with E-state index in [1.165, 1.54) is 38.3 Å². The van der Waals surface area contributed by atoms with Gasteiger partial charge in [0.1, 0.15) is 0 Å². The van der Waals surface area contributed by atoms with Crippen LogP contribution < -0.4 is 4.90 Å². The second-order valence-corrected chi connectivity index (χ2v) is 5.88. The number of aliphatic imine (C=N–C) groups is 1. The highest BCUT2D eigenvalue weighted by Gasteiger charge is 2.21. The molecule has 2 aliphatic rings. The standard InChI is InChI=1S/C17H22N2O/c20-17-13-18-12-15-8-4-5-9-16(15)19(17)11-10-14-6-2-1-3-7-14/h4-5,8-9,13-14H,1-3,6-7,10-12H2. The van der Waals surface area contributed by atoms with Crippen molar-refractivity contribution in [2.45, 2.75) is 45.1 Å². The molecular formula is C17H22N2O. The Morgan fingerprint density at radius 2 is 1.95 bits per heavy atom. The zero-order valence-electron chi connectivity index (χ0n) is 11.9. The molecule has 106 valence electrons. The number of rotatable bonds is 3. The van der Waals surface area contributed by atoms with Crippen molar-refractivity contribution in [3.8, 4) is 0 Å². The normalized spacial score (nSPS) is 19.8. The number of para-hydroxylation sites is 1. The summed E-state index contributed by atoms with van der Waals surface area (Å²) in [5.74, 6) is 0.828. The Balaban J connectivity index is 1.73. The summed E-state index contributed by atoms with van der Waals surface area (Å²) in [6, 6.07) is 8.14. The molecule has 1 amide bonds. The third-order valence-electron chi connectivity index (χ3n) is 4.50. The van der Waals surface area contributed by atoms with E-state index in [1.807, 2.05) is 23.1 Å². The van der Waals surface area contributed by atoms with Gasteiger partial charge < -0.3 is 4.90 Å². The minimum absolute atomic E-state index is 0.0331. The summed E-state index contributed by atoms with van der Waals surface area (Å²) in [5.41, 5.74) is 2.20. The monoisotopic (exact) mass is 270 g/mol. The molecule has 3 nitrogen and oxygen atoms in total. The van der Waals surface area contributed by atoms with Gasteiger partial charge in [-0.2, -0.15) is 0 Å². The molecule has 20 heavy (non-hydrogen) atoms. The van der Waals surface area contributed by atoms with Crippen LogP contribution in [0.3, 0.4) is 0 Å². The van der Waals surface area contributed by atoms with Crippen molar-refractivity contribution in [3.05, 3.63) is 29.8 Å². The molecule has 1 heterocycles. The molecule has 1 aromatic carbocycles. The fourth-order valence-corrected chi connectivity index (χ4v) is 3.34. The Morgan fingerprint density at radius 1 is 1.15 bits per heavy atom. The number of carbonyl (C=O) groups excluding carboxylic acids is 1. The van der Waals surface area contributed by atoms with Gasteiger partial charge in [0, 0.05) is 12.2 Å². The van der Waals surface area contributed by atoms with Crippen molar-refractivity contribution < 1.29 is 4.79 Å². The zero-order valence-corrected chi connectivity index (χ0v) is 11.9. The molecule has 0 bridgehead atoms. The van der Waals surface area contributed by atoms with Gasteiger partial charge in [-0.3, -0.25) is 9.79 Å². The number of hydrogen-bond donors (Lipinski definition) is 0. The molecule has 3 rings (SSSR count). The van der Waals surface area contributed by atoms with E-state index in [9.17, 15) is 4.79 Å². The molecule has 0 N–H and O–H groups in total. The van der Waals surface area contributed by atoms with Gasteiger partial charge in [-0.05, 0) is 24.0 Å². The third-order valence-corrected chi connectivity index (χ3v) is 4.50. The molecule has 1 aromatic rings. The number of amides is 1. The van der Waals surface area contributed by atoms with Crippen LogP contribution in [0.2, 0.25) is 0 Å². The lowest BCUT2D eigenvalue weighted by molar-refractivity contribution is -0.112. The van der Waals surface area contributed by atoms with E-state index in [0.29, 0.717) is 6.54 Å². The quantitative estimate of drug-likeness (QED) is 0.826. The number of hydrogen-bond acceptors (Lipinski definition) is 2. The van der Waals surface area contributed by atoms with Crippen molar-refractivity contribution in [3.63, 3.8) is 0 Å². The Morgan fingerprint density at radius 3 is 2.80 bits per heavy atom. The van der Waals surface area contributed by atoms with Gasteiger partial charge in [0.2, 0.25) is 0 Å². The van der Waals surface area contributed by atoms with E-state index >= 15 is 0 Å². The number of benzene rings is 1. The summed E-state index contributed by atoms with van der Waals surface area (Å²) >= 11 is 0. The van der Waals surface area contributed by atoms with E-state index in [4.69, 9.17) is 0 Å². The molecule has 3 heteroatoms. The van der Waals surface area contributed by atoms with Gasteiger partial charge in [-0.25, -0.2) is 0 Å². The fraction of sp³-hybridized carbons (Fsp3) is 0.529. The molecule has 1 saturated carbocycles. The predicted octanol–water partition coefficient (Wildman–Crippen LogP) is 3.57. The van der Waals surface area contributed by atoms with Crippen molar-refractivity contribution in [2.24, 2.45) is 10.9 Å². The van der Waals surface area contributed by atoms with Gasteiger partial charge in [-0.15, -0.1) is 0 Å². The lowest BCUT2D eigenvalue weighted by Crippen LogP contribution is -2.33. The summed E-state index contributed by atoms with van der Waals surface area (Å²) in [6.07, 6.45) is 9.37. The second kappa shape index (κ2) is 6.21. The van der Waals surface area contributed by atoms with E-state index in [0.717, 1.165) is 30.1 Å². The Bertz CT molecular complexity index is 503. The highest BCUT2D eigenvalue weighted by molar-refractivity contribution is 6.33. The van der Waals surface area contributed by atoms with Gasteiger partial charge in [0.05, 0.1) is 12.8 Å². The Hall–Kier alpha value is -1.64. The van der Waals surface area contributed by atoms with Gasteiger partial charge in [0.15, 0.2) is 0 Å². The fourth-order valence-electron chi connectivity index (χ4n) is 3.34. The number of fused-ring (bicyclic) bond motifs is 1. The molecule has 1 fully saturated rings. The smallest absolute Gasteiger partial charge is 0.268 e. The van der Waals surface area contributed by atoms with E-state index < -0.39 is 0 Å². The van der Waals surface area contributed by atoms with E-state index in [-0.39, 0.29) is 5.91 Å². The minimum atomic E-state index is 0.0331. The van der Waals surface area contributed by atoms with Crippen molar-refractivity contribution in [1.82, 2.24) is 0 Å². The highest BCUT2D eigenvalue weighted by Crippen LogP contribution is 2.29. The SMILES string of the molecule is O=C1C=NCc2ccccc2N1CCC1CCCCC1. The number of nitrogens with zero attached hydrogens (tertiary/aromatic N) is 2. The van der Waals surface area contributed by atoms with E-state index in [2.05, 4.69) is 11.1 Å². The van der Waals surface area contributed by atoms with Gasteiger partial charge >= 0.3 is 0 Å². The Kier molecular flexibility index (Phi) is 4.14. The molecule has 0 aromatic heterocycles. The second-order valence-electron chi connectivity index (χ2n) is 5.88. The number of anilines is 1. The van der Waals surface area contributed by atoms with Crippen LogP contribution in [0.5, 0.6) is 0 Å². The maximum Gasteiger partial charge on any atom is 0.268 e. The highest BCUT2D eigenvalue weighted by atomic mass is 16.2. The molecule has 1 aliphatic carbocycles. The molecular weight excluding hydrogens is 248 g/mol. The summed E-state index contributed by atoms with van der Waals surface area (Å²) in [7, 11) is 0. The van der Waals surface area contributed by atoms with Gasteiger partial charge in [-0.1, -0.05) is 50.3 Å². The van der Waals surface area contributed by atoms with E-state index in [1.54, 1.807) is 0 Å². The predicted molar refractivity (Wildman–Crippen MR) is 82.2 cm³/mol. The Labute approximate surface area is 120 Å². The first-order valence-electron chi connectivity index (χ1n) is 7.74. The van der Waals surface area contributed by atoms with Crippen LogP contribution in [0.15, 0.2) is 29.3 Å². The van der Waals surface area contributed by atoms with Crippen LogP contribution in [0.25, 0.3) is 0 Å². The third kappa shape index (κ3) is 2.92. The lowest BCUT2D eigenvalue weighted by atomic mass is 9.87. The van der Waals surface area contributed by atoms with Crippen LogP contribution in [0, 0.1) is 5.92 Å². The number of carbonyl (C=O) groups is 1. The average Bonchev–Trinajstić information content (AvgIpc) is 2.65. The molecule has 0 unspecified atom stereocenters. The summed E-state index contributed by atoms with van der Waals surface area (Å²) in [4.78, 5) is 18.4. The maximum absolute atomic E-state index is 12.2. The van der Waals surface area contributed by atoms with Crippen LogP contribution in [-0.2, 0) is 11.3 Å². The first kappa shape index (κ1) is 13.3. The zero-order chi connectivity index (χ0) is 13.8. The van der Waals surface area contributed by atoms with Crippen LogP contribution in [0.1, 0.15) is 44.1 Å². The lowest BCUT2D eigenvalue weighted by Gasteiger charge is -2.26. The van der Waals surface area contributed by atoms with Crippen LogP contribution in [-0.4, -0.2) is 18.7 Å². The average molecular weight is 270 g/mol. The summed E-state index contributed by atoms with van der Waals surface area (Å²) in [6.45, 7) is 1.44. The molecule has 1 aliphatic heterocycles. The van der Waals surface area contributed by atoms with Crippen LogP contribution >= 0.6 is 0 Å². The summed E-state index contributed by atoms with van der Waals surface area (Å²) < 4.78 is 0. The van der Waals surface area contributed by atoms with Crippen LogP contribution in [0.4, 0.5) is 5.69 Å². The first-order chi connectivity index (χ1) is 9.84. The van der Waals surface area contributed by atoms with Crippen molar-refractivity contribution in [2.75, 3.05) is 11.4 Å².